The van der Waals surface area contributed by atoms with Gasteiger partial charge in [0.1, 0.15) is 5.08 Å². The van der Waals surface area contributed by atoms with Gasteiger partial charge in [-0.25, -0.2) is 0 Å². The summed E-state index contributed by atoms with van der Waals surface area (Å²) >= 11 is 0. The van der Waals surface area contributed by atoms with Crippen LogP contribution in [0.1, 0.15) is 0 Å². The summed E-state index contributed by atoms with van der Waals surface area (Å²) in [5.41, 5.74) is 0. The van der Waals surface area contributed by atoms with E-state index in [1.54, 1.807) is 0 Å². The van der Waals surface area contributed by atoms with Crippen LogP contribution in [0, 0.1) is 0 Å². The van der Waals surface area contributed by atoms with Crippen molar-refractivity contribution < 1.29 is 4.74 Å². The number of epoxide rings is 1. The molecule has 0 aromatic heterocycles. The summed E-state index contributed by atoms with van der Waals surface area (Å²) in [6.45, 7) is 0.804. The minimum Gasteiger partial charge on any atom is -0.358 e. The molecule has 0 amide bonds. The summed E-state index contributed by atoms with van der Waals surface area (Å²) in [4.78, 5) is 0. The van der Waals surface area contributed by atoms with Crippen LogP contribution in [-0.2, 0) is 4.74 Å². The van der Waals surface area contributed by atoms with Crippen LogP contribution in [0.3, 0.4) is 0 Å². The lowest BCUT2D eigenvalue weighted by Gasteiger charge is -2.33. The van der Waals surface area contributed by atoms with Crippen molar-refractivity contribution in [2.45, 2.75) is 5.08 Å². The van der Waals surface area contributed by atoms with Gasteiger partial charge in [-0.3, -0.25) is 0 Å². The van der Waals surface area contributed by atoms with Crippen molar-refractivity contribution in [2.24, 2.45) is 0 Å². The Kier molecular flexibility index (Phi) is 5.30. The number of ether oxygens (including phenoxy) is 1. The van der Waals surface area contributed by atoms with Gasteiger partial charge in [0.15, 0.2) is 0 Å². The summed E-state index contributed by atoms with van der Waals surface area (Å²) < 4.78 is 6.50. The third kappa shape index (κ3) is 3.67. The SMILES string of the molecule is c1ccc(P(c2ccccc2)C2(P(c3ccccc3)c3ccccc3)CO2)cc1. The molecule has 5 rings (SSSR count). The molecule has 0 bridgehead atoms. The molecule has 1 aliphatic heterocycles. The third-order valence-electron chi connectivity index (χ3n) is 5.16. The van der Waals surface area contributed by atoms with E-state index < -0.39 is 15.8 Å². The van der Waals surface area contributed by atoms with Gasteiger partial charge in [-0.15, -0.1) is 0 Å². The van der Waals surface area contributed by atoms with Gasteiger partial charge in [0.25, 0.3) is 0 Å². The van der Waals surface area contributed by atoms with Crippen LogP contribution >= 0.6 is 15.8 Å². The fraction of sp³-hybridized carbons (Fsp3) is 0.0769. The molecule has 0 spiro atoms. The highest BCUT2D eigenvalue weighted by atomic mass is 31.2. The quantitative estimate of drug-likeness (QED) is 0.323. The molecule has 1 aliphatic rings. The summed E-state index contributed by atoms with van der Waals surface area (Å²) in [6.07, 6.45) is 0. The van der Waals surface area contributed by atoms with E-state index in [0.717, 1.165) is 6.61 Å². The second-order valence-corrected chi connectivity index (χ2v) is 12.2. The topological polar surface area (TPSA) is 12.5 Å². The van der Waals surface area contributed by atoms with Crippen LogP contribution < -0.4 is 21.2 Å². The Labute approximate surface area is 174 Å². The van der Waals surface area contributed by atoms with E-state index in [-0.39, 0.29) is 5.08 Å². The van der Waals surface area contributed by atoms with E-state index >= 15 is 0 Å². The van der Waals surface area contributed by atoms with E-state index in [1.807, 2.05) is 0 Å². The average molecular weight is 412 g/mol. The summed E-state index contributed by atoms with van der Waals surface area (Å²) in [5.74, 6) is 0. The molecule has 0 atom stereocenters. The number of hydrogen-bond donors (Lipinski definition) is 0. The van der Waals surface area contributed by atoms with E-state index in [2.05, 4.69) is 121 Å². The standard InChI is InChI=1S/C26H22OP2/c1-5-13-22(14-6-1)28(23-15-7-2-8-16-23)26(21-27-26)29(24-17-9-3-10-18-24)25-19-11-4-12-20-25/h1-20H,21H2. The maximum atomic E-state index is 6.50. The van der Waals surface area contributed by atoms with Crippen molar-refractivity contribution in [2.75, 3.05) is 6.61 Å². The molecule has 0 aliphatic carbocycles. The van der Waals surface area contributed by atoms with Crippen LogP contribution in [0.15, 0.2) is 121 Å². The maximum absolute atomic E-state index is 6.50. The monoisotopic (exact) mass is 412 g/mol. The number of hydrogen-bond acceptors (Lipinski definition) is 1. The summed E-state index contributed by atoms with van der Waals surface area (Å²) in [5, 5.41) is 5.35. The van der Waals surface area contributed by atoms with Gasteiger partial charge in [-0.05, 0) is 37.1 Å². The molecule has 3 heteroatoms. The van der Waals surface area contributed by atoms with Crippen molar-refractivity contribution in [3.63, 3.8) is 0 Å². The van der Waals surface area contributed by atoms with Gasteiger partial charge >= 0.3 is 0 Å². The lowest BCUT2D eigenvalue weighted by atomic mass is 10.4. The third-order valence-corrected chi connectivity index (χ3v) is 11.5. The highest BCUT2D eigenvalue weighted by molar-refractivity contribution is 7.91. The highest BCUT2D eigenvalue weighted by Gasteiger charge is 2.59. The Bertz CT molecular complexity index is 885. The van der Waals surface area contributed by atoms with Gasteiger partial charge in [0.2, 0.25) is 0 Å². The molecule has 1 nitrogen and oxygen atoms in total. The van der Waals surface area contributed by atoms with Crippen molar-refractivity contribution in [3.8, 4) is 0 Å². The first-order valence-corrected chi connectivity index (χ1v) is 12.5. The second-order valence-electron chi connectivity index (χ2n) is 7.04. The van der Waals surface area contributed by atoms with Crippen LogP contribution in [0.25, 0.3) is 0 Å². The van der Waals surface area contributed by atoms with Crippen molar-refractivity contribution in [1.82, 2.24) is 0 Å². The van der Waals surface area contributed by atoms with Crippen LogP contribution in [0.2, 0.25) is 0 Å². The zero-order chi connectivity index (χ0) is 19.5. The minimum atomic E-state index is -0.663. The van der Waals surface area contributed by atoms with Crippen LogP contribution in [0.5, 0.6) is 0 Å². The predicted octanol–water partition coefficient (Wildman–Crippen LogP) is 4.94. The lowest BCUT2D eigenvalue weighted by molar-refractivity contribution is 0.440. The smallest absolute Gasteiger partial charge is 0.145 e. The predicted molar refractivity (Wildman–Crippen MR) is 127 cm³/mol. The molecular weight excluding hydrogens is 390 g/mol. The van der Waals surface area contributed by atoms with E-state index in [1.165, 1.54) is 21.2 Å². The van der Waals surface area contributed by atoms with Gasteiger partial charge < -0.3 is 4.74 Å². The largest absolute Gasteiger partial charge is 0.358 e. The van der Waals surface area contributed by atoms with Crippen LogP contribution in [0.4, 0.5) is 0 Å². The minimum absolute atomic E-state index is 0.171. The molecule has 0 radical (unpaired) electrons. The molecule has 1 saturated heterocycles. The van der Waals surface area contributed by atoms with Crippen molar-refractivity contribution >= 4 is 37.1 Å². The van der Waals surface area contributed by atoms with Gasteiger partial charge in [0, 0.05) is 0 Å². The zero-order valence-corrected chi connectivity index (χ0v) is 17.8. The van der Waals surface area contributed by atoms with Gasteiger partial charge in [0.05, 0.1) is 6.61 Å². The first-order valence-electron chi connectivity index (χ1n) is 9.83. The Balaban J connectivity index is 1.70. The molecular formula is C26H22OP2. The van der Waals surface area contributed by atoms with Crippen LogP contribution in [-0.4, -0.2) is 11.7 Å². The summed E-state index contributed by atoms with van der Waals surface area (Å²) in [6, 6.07) is 43.7. The Morgan fingerprint density at radius 1 is 0.448 bits per heavy atom. The van der Waals surface area contributed by atoms with Gasteiger partial charge in [-0.1, -0.05) is 121 Å². The van der Waals surface area contributed by atoms with Crippen molar-refractivity contribution in [3.05, 3.63) is 121 Å². The first-order chi connectivity index (χ1) is 14.4. The van der Waals surface area contributed by atoms with E-state index in [0.29, 0.717) is 0 Å². The highest BCUT2D eigenvalue weighted by Crippen LogP contribution is 2.72. The molecule has 1 heterocycles. The fourth-order valence-corrected chi connectivity index (χ4v) is 10.8. The lowest BCUT2D eigenvalue weighted by Crippen LogP contribution is -2.30. The number of rotatable bonds is 6. The van der Waals surface area contributed by atoms with E-state index in [4.69, 9.17) is 4.74 Å². The maximum Gasteiger partial charge on any atom is 0.145 e. The first kappa shape index (κ1) is 18.7. The molecule has 0 unspecified atom stereocenters. The average Bonchev–Trinajstić information content (AvgIpc) is 3.58. The molecule has 0 saturated carbocycles. The van der Waals surface area contributed by atoms with E-state index in [9.17, 15) is 0 Å². The Morgan fingerprint density at radius 2 is 0.690 bits per heavy atom. The molecule has 4 aromatic rings. The molecule has 1 fully saturated rings. The van der Waals surface area contributed by atoms with Crippen molar-refractivity contribution in [1.29, 1.82) is 0 Å². The van der Waals surface area contributed by atoms with Gasteiger partial charge in [-0.2, -0.15) is 0 Å². The Hall–Kier alpha value is -2.30. The fourth-order valence-electron chi connectivity index (χ4n) is 3.84. The zero-order valence-electron chi connectivity index (χ0n) is 16.1. The molecule has 4 aromatic carbocycles. The second kappa shape index (κ2) is 8.21. The Morgan fingerprint density at radius 3 is 0.897 bits per heavy atom. The molecule has 29 heavy (non-hydrogen) atoms. The molecule has 142 valence electrons. The summed E-state index contributed by atoms with van der Waals surface area (Å²) in [7, 11) is -1.33. The number of benzene rings is 4. The molecule has 0 N–H and O–H groups in total. The normalized spacial score (nSPS) is 14.8.